The van der Waals surface area contributed by atoms with Crippen LogP contribution in [0.2, 0.25) is 0 Å². The number of hydrogen-bond acceptors (Lipinski definition) is 4. The number of rotatable bonds is 5. The minimum atomic E-state index is 0.132. The predicted octanol–water partition coefficient (Wildman–Crippen LogP) is 2.72. The van der Waals surface area contributed by atoms with Gasteiger partial charge in [0.25, 0.3) is 0 Å². The number of hydrogen-bond donors (Lipinski definition) is 1. The summed E-state index contributed by atoms with van der Waals surface area (Å²) in [6, 6.07) is 4.32. The maximum atomic E-state index is 6.04. The molecule has 0 spiro atoms. The van der Waals surface area contributed by atoms with Crippen LogP contribution in [0.15, 0.2) is 29.1 Å². The van der Waals surface area contributed by atoms with E-state index >= 15 is 0 Å². The zero-order valence-corrected chi connectivity index (χ0v) is 12.9. The number of piperazine rings is 1. The van der Waals surface area contributed by atoms with E-state index in [9.17, 15) is 0 Å². The Kier molecular flexibility index (Phi) is 4.58. The molecule has 1 unspecified atom stereocenters. The molecule has 3 rings (SSSR count). The topological polar surface area (TPSA) is 37.6 Å². The second-order valence-electron chi connectivity index (χ2n) is 5.65. The third-order valence-corrected chi connectivity index (χ3v) is 4.32. The van der Waals surface area contributed by atoms with E-state index in [0.717, 1.165) is 44.7 Å². The van der Waals surface area contributed by atoms with Gasteiger partial charge in [-0.05, 0) is 25.0 Å². The minimum Gasteiger partial charge on any atom is -0.471 e. The Bertz CT molecular complexity index is 587. The molecule has 1 saturated heterocycles. The molecule has 1 aliphatic rings. The molecule has 1 aromatic carbocycles. The fourth-order valence-corrected chi connectivity index (χ4v) is 3.12. The van der Waals surface area contributed by atoms with Gasteiger partial charge in [-0.2, -0.15) is 0 Å². The Morgan fingerprint density at radius 1 is 1.29 bits per heavy atom. The van der Waals surface area contributed by atoms with Crippen molar-refractivity contribution in [2.75, 3.05) is 39.3 Å². The summed E-state index contributed by atoms with van der Waals surface area (Å²) in [6.07, 6.45) is 3.77. The maximum Gasteiger partial charge on any atom is 0.0984 e. The number of nitrogens with zero attached hydrogens (tertiary/aromatic N) is 1. The van der Waals surface area contributed by atoms with Crippen molar-refractivity contribution in [3.8, 4) is 0 Å². The third-order valence-electron chi connectivity index (χ3n) is 4.32. The van der Waals surface area contributed by atoms with Crippen LogP contribution in [0.3, 0.4) is 0 Å². The Morgan fingerprint density at radius 2 is 2.10 bits per heavy atom. The third kappa shape index (κ3) is 3.12. The molecule has 1 aromatic heterocycles. The van der Waals surface area contributed by atoms with Crippen molar-refractivity contribution in [3.63, 3.8) is 0 Å². The lowest BCUT2D eigenvalue weighted by molar-refractivity contribution is 0.0293. The zero-order valence-electron chi connectivity index (χ0n) is 12.9. The van der Waals surface area contributed by atoms with Gasteiger partial charge < -0.3 is 14.5 Å². The molecule has 4 nitrogen and oxygen atoms in total. The van der Waals surface area contributed by atoms with Crippen LogP contribution in [0.5, 0.6) is 0 Å². The van der Waals surface area contributed by atoms with Crippen molar-refractivity contribution in [1.82, 2.24) is 10.2 Å². The SMILES string of the molecule is CCOC(CN1CCNCC1)c1ccc2cocc2c1C. The highest BCUT2D eigenvalue weighted by molar-refractivity contribution is 5.85. The van der Waals surface area contributed by atoms with E-state index in [0.29, 0.717) is 0 Å². The van der Waals surface area contributed by atoms with Crippen LogP contribution in [-0.4, -0.2) is 44.2 Å². The number of benzene rings is 1. The Balaban J connectivity index is 1.85. The first-order valence-corrected chi connectivity index (χ1v) is 7.79. The summed E-state index contributed by atoms with van der Waals surface area (Å²) in [4.78, 5) is 2.48. The van der Waals surface area contributed by atoms with Gasteiger partial charge in [-0.3, -0.25) is 4.90 Å². The van der Waals surface area contributed by atoms with Crippen molar-refractivity contribution in [1.29, 1.82) is 0 Å². The van der Waals surface area contributed by atoms with Gasteiger partial charge in [-0.15, -0.1) is 0 Å². The fraction of sp³-hybridized carbons (Fsp3) is 0.529. The molecule has 4 heteroatoms. The average Bonchev–Trinajstić information content (AvgIpc) is 2.98. The van der Waals surface area contributed by atoms with Gasteiger partial charge in [-0.1, -0.05) is 12.1 Å². The summed E-state index contributed by atoms with van der Waals surface area (Å²) in [6.45, 7) is 10.2. The molecule has 2 heterocycles. The smallest absolute Gasteiger partial charge is 0.0984 e. The van der Waals surface area contributed by atoms with Gasteiger partial charge in [-0.25, -0.2) is 0 Å². The average molecular weight is 288 g/mol. The van der Waals surface area contributed by atoms with Gasteiger partial charge in [0.2, 0.25) is 0 Å². The molecule has 1 aliphatic heterocycles. The molecule has 0 aliphatic carbocycles. The highest BCUT2D eigenvalue weighted by Gasteiger charge is 2.20. The second-order valence-corrected chi connectivity index (χ2v) is 5.65. The van der Waals surface area contributed by atoms with Crippen LogP contribution in [0, 0.1) is 6.92 Å². The van der Waals surface area contributed by atoms with Gasteiger partial charge in [0.05, 0.1) is 18.6 Å². The standard InChI is InChI=1S/C17H24N2O2/c1-3-21-17(10-19-8-6-18-7-9-19)15-5-4-14-11-20-12-16(14)13(15)2/h4-5,11-12,17-18H,3,6-10H2,1-2H3. The lowest BCUT2D eigenvalue weighted by atomic mass is 9.98. The fourth-order valence-electron chi connectivity index (χ4n) is 3.12. The highest BCUT2D eigenvalue weighted by Crippen LogP contribution is 2.29. The quantitative estimate of drug-likeness (QED) is 0.918. The second kappa shape index (κ2) is 6.60. The van der Waals surface area contributed by atoms with Crippen molar-refractivity contribution in [3.05, 3.63) is 35.8 Å². The van der Waals surface area contributed by atoms with E-state index in [2.05, 4.69) is 36.2 Å². The molecule has 21 heavy (non-hydrogen) atoms. The number of nitrogens with one attached hydrogen (secondary N) is 1. The Morgan fingerprint density at radius 3 is 2.86 bits per heavy atom. The van der Waals surface area contributed by atoms with Crippen molar-refractivity contribution < 1.29 is 9.15 Å². The number of fused-ring (bicyclic) bond motifs is 1. The molecule has 1 atom stereocenters. The maximum absolute atomic E-state index is 6.04. The summed E-state index contributed by atoms with van der Waals surface area (Å²) < 4.78 is 11.4. The Labute approximate surface area is 126 Å². The first-order valence-electron chi connectivity index (χ1n) is 7.79. The highest BCUT2D eigenvalue weighted by atomic mass is 16.5. The Hall–Kier alpha value is -1.36. The van der Waals surface area contributed by atoms with E-state index in [-0.39, 0.29) is 6.10 Å². The molecular weight excluding hydrogens is 264 g/mol. The monoisotopic (exact) mass is 288 g/mol. The number of aryl methyl sites for hydroxylation is 1. The summed E-state index contributed by atoms with van der Waals surface area (Å²) >= 11 is 0. The van der Waals surface area contributed by atoms with Crippen LogP contribution in [0.25, 0.3) is 10.8 Å². The van der Waals surface area contributed by atoms with Crippen molar-refractivity contribution >= 4 is 10.8 Å². The van der Waals surface area contributed by atoms with E-state index in [1.54, 1.807) is 6.26 Å². The molecule has 114 valence electrons. The summed E-state index contributed by atoms with van der Waals surface area (Å²) in [7, 11) is 0. The van der Waals surface area contributed by atoms with Gasteiger partial charge in [0.1, 0.15) is 0 Å². The van der Waals surface area contributed by atoms with E-state index in [1.807, 2.05) is 6.26 Å². The summed E-state index contributed by atoms with van der Waals surface area (Å²) in [5.74, 6) is 0. The number of furan rings is 1. The molecule has 0 bridgehead atoms. The minimum absolute atomic E-state index is 0.132. The van der Waals surface area contributed by atoms with Gasteiger partial charge in [0, 0.05) is 50.1 Å². The molecule has 2 aromatic rings. The van der Waals surface area contributed by atoms with Crippen LogP contribution >= 0.6 is 0 Å². The molecular formula is C17H24N2O2. The van der Waals surface area contributed by atoms with Gasteiger partial charge >= 0.3 is 0 Å². The number of ether oxygens (including phenoxy) is 1. The van der Waals surface area contributed by atoms with E-state index < -0.39 is 0 Å². The van der Waals surface area contributed by atoms with E-state index in [4.69, 9.17) is 9.15 Å². The lowest BCUT2D eigenvalue weighted by Crippen LogP contribution is -2.45. The molecule has 0 amide bonds. The molecule has 1 fully saturated rings. The normalized spacial score (nSPS) is 18.2. The van der Waals surface area contributed by atoms with E-state index in [1.165, 1.54) is 16.5 Å². The molecule has 0 radical (unpaired) electrons. The summed E-state index contributed by atoms with van der Waals surface area (Å²) in [5, 5.41) is 5.75. The van der Waals surface area contributed by atoms with Gasteiger partial charge in [0.15, 0.2) is 0 Å². The first kappa shape index (κ1) is 14.6. The lowest BCUT2D eigenvalue weighted by Gasteiger charge is -2.31. The predicted molar refractivity (Wildman–Crippen MR) is 84.6 cm³/mol. The zero-order chi connectivity index (χ0) is 14.7. The van der Waals surface area contributed by atoms with Crippen LogP contribution < -0.4 is 5.32 Å². The molecule has 0 saturated carbocycles. The summed E-state index contributed by atoms with van der Waals surface area (Å²) in [5.41, 5.74) is 2.55. The largest absolute Gasteiger partial charge is 0.471 e. The van der Waals surface area contributed by atoms with Crippen LogP contribution in [0.4, 0.5) is 0 Å². The molecule has 1 N–H and O–H groups in total. The first-order chi connectivity index (χ1) is 10.3. The van der Waals surface area contributed by atoms with Crippen LogP contribution in [0.1, 0.15) is 24.2 Å². The van der Waals surface area contributed by atoms with Crippen molar-refractivity contribution in [2.24, 2.45) is 0 Å². The van der Waals surface area contributed by atoms with Crippen LogP contribution in [-0.2, 0) is 4.74 Å². The van der Waals surface area contributed by atoms with Crippen molar-refractivity contribution in [2.45, 2.75) is 20.0 Å².